The summed E-state index contributed by atoms with van der Waals surface area (Å²) in [7, 11) is 1.70. The number of carbonyl (C=O) groups excluding carboxylic acids is 1. The fourth-order valence-corrected chi connectivity index (χ4v) is 2.52. The number of amides is 1. The van der Waals surface area contributed by atoms with Crippen molar-refractivity contribution in [2.24, 2.45) is 11.8 Å². The molecule has 2 rings (SSSR count). The molecule has 0 spiro atoms. The Morgan fingerprint density at radius 2 is 2.07 bits per heavy atom. The number of hydrogen-bond acceptors (Lipinski definition) is 3. The highest BCUT2D eigenvalue weighted by Crippen LogP contribution is 2.25. The Hall–Kier alpha value is -0.610. The summed E-state index contributed by atoms with van der Waals surface area (Å²) in [5.41, 5.74) is 0. The number of likely N-dealkylation sites (tertiary alicyclic amines) is 1. The van der Waals surface area contributed by atoms with Crippen LogP contribution in [0.2, 0.25) is 0 Å². The third kappa shape index (κ3) is 2.07. The zero-order chi connectivity index (χ0) is 9.97. The predicted octanol–water partition coefficient (Wildman–Crippen LogP) is -0.726. The SMILES string of the molecule is CNC(=O)CCN1C[C@H]2CNC[C@H]2C1. The van der Waals surface area contributed by atoms with Crippen molar-refractivity contribution < 1.29 is 4.79 Å². The monoisotopic (exact) mass is 197 g/mol. The number of carbonyl (C=O) groups is 1. The van der Waals surface area contributed by atoms with E-state index in [2.05, 4.69) is 15.5 Å². The van der Waals surface area contributed by atoms with Crippen LogP contribution >= 0.6 is 0 Å². The molecule has 4 nitrogen and oxygen atoms in total. The molecule has 0 bridgehead atoms. The van der Waals surface area contributed by atoms with Crippen LogP contribution < -0.4 is 10.6 Å². The van der Waals surface area contributed by atoms with Gasteiger partial charge in [0.25, 0.3) is 0 Å². The Kier molecular flexibility index (Phi) is 3.03. The summed E-state index contributed by atoms with van der Waals surface area (Å²) in [5.74, 6) is 1.82. The van der Waals surface area contributed by atoms with E-state index in [1.54, 1.807) is 7.05 Å². The number of nitrogens with zero attached hydrogens (tertiary/aromatic N) is 1. The highest BCUT2D eigenvalue weighted by Gasteiger charge is 2.35. The molecule has 0 aromatic rings. The van der Waals surface area contributed by atoms with E-state index in [0.29, 0.717) is 6.42 Å². The minimum atomic E-state index is 0.153. The Bertz CT molecular complexity index is 207. The van der Waals surface area contributed by atoms with Crippen LogP contribution in [0, 0.1) is 11.8 Å². The summed E-state index contributed by atoms with van der Waals surface area (Å²) in [6.45, 7) is 5.61. The normalized spacial score (nSPS) is 31.8. The van der Waals surface area contributed by atoms with Crippen molar-refractivity contribution in [3.05, 3.63) is 0 Å². The van der Waals surface area contributed by atoms with Gasteiger partial charge in [-0.2, -0.15) is 0 Å². The molecular weight excluding hydrogens is 178 g/mol. The summed E-state index contributed by atoms with van der Waals surface area (Å²) < 4.78 is 0. The molecule has 2 atom stereocenters. The van der Waals surface area contributed by atoms with E-state index in [1.807, 2.05) is 0 Å². The smallest absolute Gasteiger partial charge is 0.221 e. The molecule has 0 aromatic heterocycles. The molecule has 2 saturated heterocycles. The molecular formula is C10H19N3O. The summed E-state index contributed by atoms with van der Waals surface area (Å²) in [5, 5.41) is 6.08. The second kappa shape index (κ2) is 4.28. The summed E-state index contributed by atoms with van der Waals surface area (Å²) in [4.78, 5) is 13.5. The molecule has 14 heavy (non-hydrogen) atoms. The maximum Gasteiger partial charge on any atom is 0.221 e. The van der Waals surface area contributed by atoms with Crippen LogP contribution in [0.1, 0.15) is 6.42 Å². The molecule has 2 heterocycles. The standard InChI is InChI=1S/C10H19N3O/c1-11-10(14)2-3-13-6-8-4-12-5-9(8)7-13/h8-9,12H,2-7H2,1H3,(H,11,14)/t8-,9+. The van der Waals surface area contributed by atoms with E-state index in [9.17, 15) is 4.79 Å². The molecule has 80 valence electrons. The van der Waals surface area contributed by atoms with Gasteiger partial charge in [-0.15, -0.1) is 0 Å². The maximum absolute atomic E-state index is 11.1. The molecule has 0 unspecified atom stereocenters. The van der Waals surface area contributed by atoms with Crippen LogP contribution in [0.4, 0.5) is 0 Å². The van der Waals surface area contributed by atoms with Crippen LogP contribution in [0.5, 0.6) is 0 Å². The van der Waals surface area contributed by atoms with Gasteiger partial charge >= 0.3 is 0 Å². The topological polar surface area (TPSA) is 44.4 Å². The van der Waals surface area contributed by atoms with Gasteiger partial charge in [-0.25, -0.2) is 0 Å². The van der Waals surface area contributed by atoms with Gasteiger partial charge in [0.15, 0.2) is 0 Å². The fourth-order valence-electron chi connectivity index (χ4n) is 2.52. The van der Waals surface area contributed by atoms with Crippen LogP contribution in [-0.2, 0) is 4.79 Å². The lowest BCUT2D eigenvalue weighted by molar-refractivity contribution is -0.120. The van der Waals surface area contributed by atoms with Crippen molar-refractivity contribution in [2.45, 2.75) is 6.42 Å². The van der Waals surface area contributed by atoms with Gasteiger partial charge < -0.3 is 15.5 Å². The average molecular weight is 197 g/mol. The fraction of sp³-hybridized carbons (Fsp3) is 0.900. The average Bonchev–Trinajstić information content (AvgIpc) is 2.73. The first-order valence-corrected chi connectivity index (χ1v) is 5.43. The van der Waals surface area contributed by atoms with Gasteiger partial charge in [0.05, 0.1) is 0 Å². The van der Waals surface area contributed by atoms with E-state index in [4.69, 9.17) is 0 Å². The molecule has 0 saturated carbocycles. The van der Waals surface area contributed by atoms with Gasteiger partial charge in [-0.1, -0.05) is 0 Å². The van der Waals surface area contributed by atoms with Gasteiger partial charge in [0.2, 0.25) is 5.91 Å². The van der Waals surface area contributed by atoms with Crippen molar-refractivity contribution in [1.29, 1.82) is 0 Å². The summed E-state index contributed by atoms with van der Waals surface area (Å²) >= 11 is 0. The largest absolute Gasteiger partial charge is 0.359 e. The molecule has 2 aliphatic heterocycles. The number of hydrogen-bond donors (Lipinski definition) is 2. The predicted molar refractivity (Wildman–Crippen MR) is 55.0 cm³/mol. The van der Waals surface area contributed by atoms with Gasteiger partial charge in [0.1, 0.15) is 0 Å². The second-order valence-corrected chi connectivity index (χ2v) is 4.36. The molecule has 0 radical (unpaired) electrons. The minimum Gasteiger partial charge on any atom is -0.359 e. The Balaban J connectivity index is 1.71. The lowest BCUT2D eigenvalue weighted by atomic mass is 10.0. The second-order valence-electron chi connectivity index (χ2n) is 4.36. The summed E-state index contributed by atoms with van der Waals surface area (Å²) in [6.07, 6.45) is 0.642. The van der Waals surface area contributed by atoms with E-state index < -0.39 is 0 Å². The van der Waals surface area contributed by atoms with Crippen LogP contribution in [-0.4, -0.2) is 50.6 Å². The maximum atomic E-state index is 11.1. The van der Waals surface area contributed by atoms with Gasteiger partial charge in [-0.05, 0) is 24.9 Å². The lowest BCUT2D eigenvalue weighted by Gasteiger charge is -2.15. The van der Waals surface area contributed by atoms with Crippen molar-refractivity contribution in [3.8, 4) is 0 Å². The van der Waals surface area contributed by atoms with Crippen molar-refractivity contribution in [2.75, 3.05) is 39.8 Å². The third-order valence-electron chi connectivity index (χ3n) is 3.40. The Morgan fingerprint density at radius 3 is 2.64 bits per heavy atom. The van der Waals surface area contributed by atoms with E-state index in [-0.39, 0.29) is 5.91 Å². The zero-order valence-electron chi connectivity index (χ0n) is 8.75. The van der Waals surface area contributed by atoms with E-state index in [0.717, 1.165) is 18.4 Å². The van der Waals surface area contributed by atoms with Crippen molar-refractivity contribution >= 4 is 5.91 Å². The molecule has 1 amide bonds. The number of fused-ring (bicyclic) bond motifs is 1. The first kappa shape index (κ1) is 9.93. The molecule has 0 aromatic carbocycles. The third-order valence-corrected chi connectivity index (χ3v) is 3.40. The first-order chi connectivity index (χ1) is 6.79. The van der Waals surface area contributed by atoms with Crippen molar-refractivity contribution in [3.63, 3.8) is 0 Å². The molecule has 2 fully saturated rings. The molecule has 2 aliphatic rings. The molecule has 4 heteroatoms. The first-order valence-electron chi connectivity index (χ1n) is 5.43. The van der Waals surface area contributed by atoms with E-state index in [1.165, 1.54) is 26.2 Å². The highest BCUT2D eigenvalue weighted by atomic mass is 16.1. The van der Waals surface area contributed by atoms with Gasteiger partial charge in [-0.3, -0.25) is 4.79 Å². The zero-order valence-corrected chi connectivity index (χ0v) is 8.75. The summed E-state index contributed by atoms with van der Waals surface area (Å²) in [6, 6.07) is 0. The highest BCUT2D eigenvalue weighted by molar-refractivity contribution is 5.75. The Morgan fingerprint density at radius 1 is 1.43 bits per heavy atom. The Labute approximate surface area is 85.0 Å². The quantitative estimate of drug-likeness (QED) is 0.627. The van der Waals surface area contributed by atoms with Crippen LogP contribution in [0.25, 0.3) is 0 Å². The molecule has 2 N–H and O–H groups in total. The van der Waals surface area contributed by atoms with Crippen LogP contribution in [0.3, 0.4) is 0 Å². The number of nitrogens with one attached hydrogen (secondary N) is 2. The van der Waals surface area contributed by atoms with Gasteiger partial charge in [0, 0.05) is 33.1 Å². The van der Waals surface area contributed by atoms with Crippen molar-refractivity contribution in [1.82, 2.24) is 15.5 Å². The number of rotatable bonds is 3. The lowest BCUT2D eigenvalue weighted by Crippen LogP contribution is -2.30. The minimum absolute atomic E-state index is 0.153. The molecule has 0 aliphatic carbocycles. The van der Waals surface area contributed by atoms with Crippen LogP contribution in [0.15, 0.2) is 0 Å². The van der Waals surface area contributed by atoms with E-state index >= 15 is 0 Å².